The molecule has 6 nitrogen and oxygen atoms in total. The number of imide groups is 2. The van der Waals surface area contributed by atoms with Crippen molar-refractivity contribution in [3.63, 3.8) is 0 Å². The van der Waals surface area contributed by atoms with Crippen molar-refractivity contribution in [2.75, 3.05) is 16.3 Å². The molecule has 0 spiro atoms. The van der Waals surface area contributed by atoms with Crippen molar-refractivity contribution < 1.29 is 14.4 Å². The molecule has 2 aromatic carbocycles. The maximum Gasteiger partial charge on any atom is 0.335 e. The summed E-state index contributed by atoms with van der Waals surface area (Å²) < 4.78 is 0. The molecule has 2 aromatic rings. The first kappa shape index (κ1) is 23.5. The van der Waals surface area contributed by atoms with E-state index < -0.39 is 17.8 Å². The lowest BCUT2D eigenvalue weighted by Crippen LogP contribution is -2.54. The summed E-state index contributed by atoms with van der Waals surface area (Å²) in [5, 5.41) is 2.31. The third kappa shape index (κ3) is 4.04. The number of hydrogen-bond donors (Lipinski definition) is 1. The fraction of sp³-hybridized carbons (Fsp3) is 0.321. The molecule has 1 saturated heterocycles. The minimum atomic E-state index is -0.741. The Hall–Kier alpha value is -3.67. The number of amides is 4. The normalized spacial score (nSPS) is 18.7. The molecule has 4 amide bonds. The van der Waals surface area contributed by atoms with Crippen LogP contribution >= 0.6 is 0 Å². The number of hydrogen-bond acceptors (Lipinski definition) is 4. The van der Waals surface area contributed by atoms with Crippen LogP contribution in [0.25, 0.3) is 11.6 Å². The summed E-state index contributed by atoms with van der Waals surface area (Å²) in [5.41, 5.74) is 6.39. The van der Waals surface area contributed by atoms with Crippen LogP contribution in [0.3, 0.4) is 0 Å². The Bertz CT molecular complexity index is 1250. The first-order chi connectivity index (χ1) is 16.0. The Kier molecular flexibility index (Phi) is 5.94. The van der Waals surface area contributed by atoms with E-state index in [1.165, 1.54) is 0 Å². The lowest BCUT2D eigenvalue weighted by molar-refractivity contribution is -0.122. The fourth-order valence-corrected chi connectivity index (χ4v) is 4.77. The predicted octanol–water partition coefficient (Wildman–Crippen LogP) is 5.38. The Balaban J connectivity index is 1.78. The van der Waals surface area contributed by atoms with Gasteiger partial charge in [-0.3, -0.25) is 14.9 Å². The molecule has 2 aliphatic rings. The highest BCUT2D eigenvalue weighted by Gasteiger charge is 2.37. The molecular formula is C28H31N3O3. The Morgan fingerprint density at radius 1 is 1.00 bits per heavy atom. The molecule has 34 heavy (non-hydrogen) atoms. The number of nitrogens with one attached hydrogen (secondary N) is 1. The lowest BCUT2D eigenvalue weighted by atomic mass is 9.86. The van der Waals surface area contributed by atoms with Gasteiger partial charge in [0.25, 0.3) is 11.8 Å². The number of carbonyl (C=O) groups is 3. The lowest BCUT2D eigenvalue weighted by Gasteiger charge is -2.43. The van der Waals surface area contributed by atoms with Gasteiger partial charge < -0.3 is 4.90 Å². The minimum Gasteiger partial charge on any atom is -0.362 e. The second-order valence-electron chi connectivity index (χ2n) is 9.65. The van der Waals surface area contributed by atoms with E-state index in [0.29, 0.717) is 5.69 Å². The summed E-state index contributed by atoms with van der Waals surface area (Å²) in [7, 11) is 0. The molecule has 0 bridgehead atoms. The number of carbonyl (C=O) groups excluding carboxylic acids is 3. The molecule has 0 aromatic heterocycles. The van der Waals surface area contributed by atoms with E-state index in [1.54, 1.807) is 18.2 Å². The third-order valence-electron chi connectivity index (χ3n) is 6.51. The highest BCUT2D eigenvalue weighted by atomic mass is 16.2. The zero-order valence-corrected chi connectivity index (χ0v) is 20.7. The van der Waals surface area contributed by atoms with Crippen LogP contribution in [0.2, 0.25) is 0 Å². The number of urea groups is 1. The van der Waals surface area contributed by atoms with Gasteiger partial charge in [-0.15, -0.1) is 0 Å². The number of barbiturate groups is 1. The van der Waals surface area contributed by atoms with Crippen molar-refractivity contribution in [1.82, 2.24) is 5.32 Å². The average Bonchev–Trinajstić information content (AvgIpc) is 2.75. The average molecular weight is 458 g/mol. The molecular weight excluding hydrogens is 426 g/mol. The predicted molar refractivity (Wildman–Crippen MR) is 137 cm³/mol. The van der Waals surface area contributed by atoms with Crippen molar-refractivity contribution in [3.8, 4) is 0 Å². The summed E-state index contributed by atoms with van der Waals surface area (Å²) >= 11 is 0. The fourth-order valence-electron chi connectivity index (χ4n) is 4.77. The van der Waals surface area contributed by atoms with E-state index >= 15 is 0 Å². The van der Waals surface area contributed by atoms with Gasteiger partial charge in [0.1, 0.15) is 5.57 Å². The molecule has 0 saturated carbocycles. The van der Waals surface area contributed by atoms with Crippen molar-refractivity contribution in [1.29, 1.82) is 0 Å². The monoisotopic (exact) mass is 457 g/mol. The number of allylic oxidation sites excluding steroid dienone is 1. The third-order valence-corrected chi connectivity index (χ3v) is 6.51. The number of fused-ring (bicyclic) bond motifs is 1. The summed E-state index contributed by atoms with van der Waals surface area (Å²) in [6.45, 7) is 13.5. The van der Waals surface area contributed by atoms with Gasteiger partial charge in [0.15, 0.2) is 0 Å². The van der Waals surface area contributed by atoms with E-state index in [0.717, 1.165) is 51.4 Å². The summed E-state index contributed by atoms with van der Waals surface area (Å²) in [6, 6.07) is 10.5. The molecule has 1 N–H and O–H groups in total. The van der Waals surface area contributed by atoms with Crippen molar-refractivity contribution in [2.24, 2.45) is 0 Å². The quantitative estimate of drug-likeness (QED) is 0.494. The molecule has 2 heterocycles. The van der Waals surface area contributed by atoms with Crippen LogP contribution in [0, 0.1) is 13.8 Å². The van der Waals surface area contributed by atoms with Gasteiger partial charge in [-0.05, 0) is 88.1 Å². The first-order valence-corrected chi connectivity index (χ1v) is 11.6. The van der Waals surface area contributed by atoms with Crippen LogP contribution in [-0.2, 0) is 9.59 Å². The summed E-state index contributed by atoms with van der Waals surface area (Å²) in [6.07, 6.45) is 4.88. The topological polar surface area (TPSA) is 69.7 Å². The molecule has 4 rings (SSSR count). The van der Waals surface area contributed by atoms with Crippen LogP contribution in [0.15, 0.2) is 48.0 Å². The van der Waals surface area contributed by atoms with Gasteiger partial charge >= 0.3 is 6.03 Å². The van der Waals surface area contributed by atoms with Crippen LogP contribution < -0.4 is 15.1 Å². The van der Waals surface area contributed by atoms with E-state index in [1.807, 2.05) is 32.0 Å². The molecule has 6 heteroatoms. The van der Waals surface area contributed by atoms with Crippen LogP contribution in [-0.4, -0.2) is 29.9 Å². The van der Waals surface area contributed by atoms with Crippen LogP contribution in [0.5, 0.6) is 0 Å². The van der Waals surface area contributed by atoms with Crippen LogP contribution in [0.1, 0.15) is 56.4 Å². The Labute approximate surface area is 200 Å². The number of benzene rings is 2. The first-order valence-electron chi connectivity index (χ1n) is 11.6. The molecule has 0 atom stereocenters. The largest absolute Gasteiger partial charge is 0.362 e. The second-order valence-corrected chi connectivity index (χ2v) is 9.65. The molecule has 1 fully saturated rings. The highest BCUT2D eigenvalue weighted by Crippen LogP contribution is 2.40. The van der Waals surface area contributed by atoms with E-state index in [2.05, 4.69) is 50.1 Å². The van der Waals surface area contributed by atoms with Gasteiger partial charge in [0.2, 0.25) is 0 Å². The van der Waals surface area contributed by atoms with Gasteiger partial charge in [0, 0.05) is 17.8 Å². The number of anilines is 2. The van der Waals surface area contributed by atoms with Crippen molar-refractivity contribution >= 4 is 40.9 Å². The maximum atomic E-state index is 13.3. The van der Waals surface area contributed by atoms with Gasteiger partial charge in [-0.1, -0.05) is 30.7 Å². The van der Waals surface area contributed by atoms with Gasteiger partial charge in [-0.2, -0.15) is 0 Å². The molecule has 2 aliphatic heterocycles. The van der Waals surface area contributed by atoms with E-state index in [-0.39, 0.29) is 11.1 Å². The Morgan fingerprint density at radius 2 is 1.68 bits per heavy atom. The molecule has 0 unspecified atom stereocenters. The van der Waals surface area contributed by atoms with Gasteiger partial charge in [-0.25, -0.2) is 9.69 Å². The van der Waals surface area contributed by atoms with E-state index in [9.17, 15) is 14.4 Å². The number of nitrogens with zero attached hydrogens (tertiary/aromatic N) is 2. The minimum absolute atomic E-state index is 0.0635. The second kappa shape index (κ2) is 8.60. The zero-order valence-electron chi connectivity index (χ0n) is 20.7. The summed E-state index contributed by atoms with van der Waals surface area (Å²) in [4.78, 5) is 41.8. The molecule has 176 valence electrons. The van der Waals surface area contributed by atoms with Crippen molar-refractivity contribution in [3.05, 3.63) is 70.3 Å². The van der Waals surface area contributed by atoms with E-state index in [4.69, 9.17) is 0 Å². The van der Waals surface area contributed by atoms with Crippen molar-refractivity contribution in [2.45, 2.75) is 53.5 Å². The highest BCUT2D eigenvalue weighted by molar-refractivity contribution is 6.39. The zero-order chi connectivity index (χ0) is 24.8. The number of rotatable bonds is 4. The molecule has 0 radical (unpaired) electrons. The standard InChI is InChI=1S/C28H31N3O3/c1-7-12-30-24-13-18(3)20(14-22(24)19(4)16-28(30,5)6)15-23-25(32)29-27(34)31(26(23)33)21-10-8-17(2)9-11-21/h8-11,13-16H,7,12H2,1-6H3,(H,29,32,34)/b23-15-. The smallest absolute Gasteiger partial charge is 0.335 e. The SMILES string of the molecule is CCCN1c2cc(C)c(/C=C3/C(=O)NC(=O)N(c4ccc(C)cc4)C3=O)cc2C(C)=CC1(C)C. The van der Waals surface area contributed by atoms with Gasteiger partial charge in [0.05, 0.1) is 11.2 Å². The molecule has 0 aliphatic carbocycles. The summed E-state index contributed by atoms with van der Waals surface area (Å²) in [5.74, 6) is -1.31. The number of aryl methyl sites for hydroxylation is 2. The Morgan fingerprint density at radius 3 is 2.32 bits per heavy atom. The van der Waals surface area contributed by atoms with Crippen LogP contribution in [0.4, 0.5) is 16.2 Å². The maximum absolute atomic E-state index is 13.3.